The molecule has 0 amide bonds. The van der Waals surface area contributed by atoms with Crippen molar-refractivity contribution in [3.63, 3.8) is 0 Å². The monoisotopic (exact) mass is 953 g/mol. The predicted molar refractivity (Wildman–Crippen MR) is 269 cm³/mol. The molecular weight excluding hydrogens is 887 g/mol. The van der Waals surface area contributed by atoms with E-state index in [1.54, 1.807) is 18.2 Å². The molecule has 14 nitrogen and oxygen atoms in total. The number of aromatic hydroxyl groups is 2. The summed E-state index contributed by atoms with van der Waals surface area (Å²) in [5.74, 6) is 8.70. The van der Waals surface area contributed by atoms with E-state index in [9.17, 15) is 25.5 Å². The molecule has 8 atom stereocenters. The molecule has 10 N–H and O–H groups in total. The first kappa shape index (κ1) is 48.0. The smallest absolute Gasteiger partial charge is 0.161 e. The van der Waals surface area contributed by atoms with Gasteiger partial charge in [0.05, 0.1) is 25.5 Å². The lowest BCUT2D eigenvalue weighted by Crippen LogP contribution is -2.62. The number of aliphatic hydroxyl groups is 3. The molecule has 0 unspecified atom stereocenters. The Bertz CT molecular complexity index is 2860. The summed E-state index contributed by atoms with van der Waals surface area (Å²) in [4.78, 5) is 3.36. The minimum atomic E-state index is -1.26. The van der Waals surface area contributed by atoms with E-state index in [0.717, 1.165) is 55.4 Å². The Morgan fingerprint density at radius 3 is 2.51 bits per heavy atom. The van der Waals surface area contributed by atoms with Gasteiger partial charge in [0.15, 0.2) is 17.6 Å². The first-order valence-electron chi connectivity index (χ1n) is 24.8. The topological polar surface area (TPSA) is 202 Å². The molecule has 0 fully saturated rings. The molecule has 0 saturated heterocycles. The normalized spacial score (nSPS) is 25.0. The molecule has 4 aromatic carbocycles. The first-order valence-corrected chi connectivity index (χ1v) is 24.8. The van der Waals surface area contributed by atoms with E-state index >= 15 is 0 Å². The van der Waals surface area contributed by atoms with Crippen molar-refractivity contribution in [1.82, 2.24) is 26.3 Å². The lowest BCUT2D eigenvalue weighted by atomic mass is 9.62. The molecule has 5 aliphatic rings. The minimum Gasteiger partial charge on any atom is -0.507 e. The number of nitrogens with one attached hydrogen (secondary N) is 5. The summed E-state index contributed by atoms with van der Waals surface area (Å²) in [6.45, 7) is 6.91. The molecule has 1 aromatic heterocycles. The summed E-state index contributed by atoms with van der Waals surface area (Å²) in [6.07, 6.45) is 4.96. The fourth-order valence-corrected chi connectivity index (χ4v) is 12.1. The fraction of sp³-hybridized carbons (Fsp3) is 0.464. The highest BCUT2D eigenvalue weighted by atomic mass is 16.6. The number of phenolic OH excluding ortho intramolecular Hbond substituents is 2. The molecule has 2 bridgehead atoms. The average Bonchev–Trinajstić information content (AvgIpc) is 3.82. The van der Waals surface area contributed by atoms with E-state index < -0.39 is 35.6 Å². The number of H-pyrrole nitrogens is 1. The van der Waals surface area contributed by atoms with Gasteiger partial charge in [0, 0.05) is 72.5 Å². The fourth-order valence-electron chi connectivity index (χ4n) is 12.1. The van der Waals surface area contributed by atoms with Gasteiger partial charge in [-0.15, -0.1) is 0 Å². The van der Waals surface area contributed by atoms with Crippen LogP contribution in [0, 0.1) is 17.8 Å². The number of phenols is 2. The summed E-state index contributed by atoms with van der Waals surface area (Å²) < 4.78 is 28.0. The van der Waals surface area contributed by atoms with Crippen LogP contribution < -0.4 is 35.5 Å². The number of fused-ring (bicyclic) bond motifs is 12. The highest BCUT2D eigenvalue weighted by Gasteiger charge is 2.55. The summed E-state index contributed by atoms with van der Waals surface area (Å²) >= 11 is 0. The maximum atomic E-state index is 11.7. The Morgan fingerprint density at radius 2 is 1.73 bits per heavy atom. The second-order valence-electron chi connectivity index (χ2n) is 20.5. The number of hydrogen-bond donors (Lipinski definition) is 10. The third kappa shape index (κ3) is 8.70. The second kappa shape index (κ2) is 19.5. The first-order chi connectivity index (χ1) is 33.9. The van der Waals surface area contributed by atoms with Crippen molar-refractivity contribution in [2.24, 2.45) is 5.92 Å². The third-order valence-corrected chi connectivity index (χ3v) is 14.9. The van der Waals surface area contributed by atoms with Crippen molar-refractivity contribution in [3.05, 3.63) is 105 Å². The van der Waals surface area contributed by atoms with Crippen molar-refractivity contribution in [1.29, 1.82) is 0 Å². The number of hydrogen-bond acceptors (Lipinski definition) is 13. The zero-order valence-corrected chi connectivity index (χ0v) is 40.7. The third-order valence-electron chi connectivity index (χ3n) is 14.9. The summed E-state index contributed by atoms with van der Waals surface area (Å²) in [7, 11) is 3.79. The molecule has 0 saturated carbocycles. The Morgan fingerprint density at radius 1 is 0.914 bits per heavy atom. The quantitative estimate of drug-likeness (QED) is 0.0332. The molecule has 4 heterocycles. The van der Waals surface area contributed by atoms with Gasteiger partial charge < -0.3 is 60.1 Å². The number of benzene rings is 4. The van der Waals surface area contributed by atoms with Gasteiger partial charge in [0.25, 0.3) is 0 Å². The Kier molecular flexibility index (Phi) is 13.4. The molecule has 0 radical (unpaired) electrons. The van der Waals surface area contributed by atoms with Gasteiger partial charge in [0.2, 0.25) is 0 Å². The molecular formula is C56H67N5O9. The second-order valence-corrected chi connectivity index (χ2v) is 20.5. The number of likely N-dealkylation sites (N-methyl/N-ethyl adjacent to an activating group) is 1. The van der Waals surface area contributed by atoms with Crippen LogP contribution in [0.5, 0.6) is 28.7 Å². The van der Waals surface area contributed by atoms with Crippen molar-refractivity contribution in [2.75, 3.05) is 53.8 Å². The lowest BCUT2D eigenvalue weighted by Gasteiger charge is -2.50. The molecule has 3 aliphatic heterocycles. The summed E-state index contributed by atoms with van der Waals surface area (Å²) in [6, 6.07) is 17.0. The van der Waals surface area contributed by atoms with Gasteiger partial charge in [-0.3, -0.25) is 10.6 Å². The van der Waals surface area contributed by atoms with E-state index in [2.05, 4.69) is 82.3 Å². The minimum absolute atomic E-state index is 0.0657. The van der Waals surface area contributed by atoms with Crippen LogP contribution in [0.1, 0.15) is 96.9 Å². The van der Waals surface area contributed by atoms with Crippen LogP contribution in [0.15, 0.2) is 66.4 Å². The number of aromatic nitrogens is 1. The van der Waals surface area contributed by atoms with Crippen LogP contribution in [0.2, 0.25) is 0 Å². The Hall–Kier alpha value is -5.60. The van der Waals surface area contributed by atoms with E-state index in [4.69, 9.17) is 18.9 Å². The van der Waals surface area contributed by atoms with Crippen molar-refractivity contribution in [3.8, 4) is 51.7 Å². The Labute approximate surface area is 409 Å². The van der Waals surface area contributed by atoms with Crippen LogP contribution >= 0.6 is 0 Å². The van der Waals surface area contributed by atoms with Crippen molar-refractivity contribution in [2.45, 2.75) is 107 Å². The summed E-state index contributed by atoms with van der Waals surface area (Å²) in [5.41, 5.74) is 8.54. The average molecular weight is 954 g/mol. The van der Waals surface area contributed by atoms with Crippen molar-refractivity contribution < 1.29 is 44.5 Å². The van der Waals surface area contributed by atoms with Gasteiger partial charge in [-0.05, 0) is 140 Å². The van der Waals surface area contributed by atoms with Crippen molar-refractivity contribution >= 4 is 17.0 Å². The lowest BCUT2D eigenvalue weighted by molar-refractivity contribution is -0.141. The van der Waals surface area contributed by atoms with Gasteiger partial charge in [-0.2, -0.15) is 0 Å². The Balaban J connectivity index is 1.20. The van der Waals surface area contributed by atoms with E-state index in [1.165, 1.54) is 5.56 Å². The zero-order chi connectivity index (χ0) is 48.9. The van der Waals surface area contributed by atoms with Gasteiger partial charge in [-0.1, -0.05) is 43.9 Å². The molecule has 10 rings (SSSR count). The molecule has 5 aromatic rings. The van der Waals surface area contributed by atoms with E-state index in [0.29, 0.717) is 68.2 Å². The zero-order valence-electron chi connectivity index (χ0n) is 40.7. The van der Waals surface area contributed by atoms with Crippen LogP contribution in [-0.4, -0.2) is 114 Å². The predicted octanol–water partition coefficient (Wildman–Crippen LogP) is 6.03. The van der Waals surface area contributed by atoms with Gasteiger partial charge >= 0.3 is 0 Å². The van der Waals surface area contributed by atoms with Gasteiger partial charge in [0.1, 0.15) is 41.1 Å². The molecule has 2 aliphatic carbocycles. The summed E-state index contributed by atoms with van der Waals surface area (Å²) in [5, 5.41) is 70.3. The highest BCUT2D eigenvalue weighted by molar-refractivity contribution is 5.90. The maximum absolute atomic E-state index is 11.7. The van der Waals surface area contributed by atoms with Crippen LogP contribution in [0.25, 0.3) is 28.1 Å². The van der Waals surface area contributed by atoms with Crippen LogP contribution in [0.3, 0.4) is 0 Å². The van der Waals surface area contributed by atoms with Crippen LogP contribution in [-0.2, 0) is 24.0 Å². The molecule has 70 heavy (non-hydrogen) atoms. The molecule has 0 spiro atoms. The van der Waals surface area contributed by atoms with E-state index in [1.807, 2.05) is 39.3 Å². The SMILES string of the molecule is CNCO[C@]12Cc3c4c(c5c(c3O[C@@H]1c1ccc(O)c(c1)O[C@H](CO)CC#C[C@@H]2NCNC[C@@](C)(O)CC(C)C)CC[C@@H](CO)O5)-c1ccc(O)c2c1[C@H](C4)[C@@H](c1ccc3[nH]ccc3c1)C(CNC)=C2. The standard InChI is InChI=1S/C56H67N5O9/c1-31(2)23-55(3,66)28-59-29-61-48-8-6-7-36(26-62)68-47-21-34(10-15-46(47)65)54-56(48,67-30-58-5)24-43-40-22-42-49(33-9-14-44-32(19-33)17-18-60-44)35(25-57-4)20-41-45(64)16-13-38(50(41)42)51(40)53-39(52(43)70-54)12-11-37(27-63)69-53/h9-10,13-21,31,36-37,42,48-49,54,57-66H,7,11-12,22-30H2,1-5H3/t36-,37-,42+,48-,49-,54+,55-,56-/m0/s1. The maximum Gasteiger partial charge on any atom is 0.161 e. The van der Waals surface area contributed by atoms with Crippen LogP contribution in [0.4, 0.5) is 0 Å². The molecule has 370 valence electrons. The largest absolute Gasteiger partial charge is 0.507 e. The number of ether oxygens (including phenoxy) is 4. The van der Waals surface area contributed by atoms with E-state index in [-0.39, 0.29) is 62.1 Å². The number of aromatic amines is 1. The number of aliphatic hydroxyl groups excluding tert-OH is 2. The molecule has 14 heteroatoms. The van der Waals surface area contributed by atoms with Gasteiger partial charge in [-0.25, -0.2) is 0 Å². The highest BCUT2D eigenvalue weighted by Crippen LogP contribution is 2.62. The number of rotatable bonds is 15.